The molecule has 2 N–H and O–H groups in total. The molecule has 0 atom stereocenters. The van der Waals surface area contributed by atoms with E-state index in [1.165, 1.54) is 18.2 Å². The Morgan fingerprint density at radius 3 is 2.17 bits per heavy atom. The Morgan fingerprint density at radius 2 is 1.52 bits per heavy atom. The number of aryl methyl sites for hydroxylation is 2. The van der Waals surface area contributed by atoms with Gasteiger partial charge >= 0.3 is 5.97 Å². The second-order valence-corrected chi connectivity index (χ2v) is 6.97. The maximum atomic E-state index is 12.1. The lowest BCUT2D eigenvalue weighted by atomic mass is 10.1. The summed E-state index contributed by atoms with van der Waals surface area (Å²) in [5.74, 6) is -0.770. The van der Waals surface area contributed by atoms with Crippen molar-refractivity contribution in [3.63, 3.8) is 0 Å². The summed E-state index contributed by atoms with van der Waals surface area (Å²) in [7, 11) is 1.27. The topological polar surface area (TPSA) is 84.5 Å². The van der Waals surface area contributed by atoms with Crippen LogP contribution in [0.3, 0.4) is 0 Å². The van der Waals surface area contributed by atoms with Crippen molar-refractivity contribution in [2.45, 2.75) is 39.0 Å². The lowest BCUT2D eigenvalue weighted by Gasteiger charge is -2.07. The predicted octanol–water partition coefficient (Wildman–Crippen LogP) is 3.18. The molecule has 0 unspecified atom stereocenters. The largest absolute Gasteiger partial charge is 0.468 e. The van der Waals surface area contributed by atoms with E-state index >= 15 is 0 Å². The first-order valence-corrected chi connectivity index (χ1v) is 9.74. The molecule has 154 valence electrons. The molecule has 0 saturated carbocycles. The van der Waals surface area contributed by atoms with Crippen LogP contribution in [0, 0.1) is 6.92 Å². The van der Waals surface area contributed by atoms with Crippen molar-refractivity contribution in [2.24, 2.45) is 0 Å². The summed E-state index contributed by atoms with van der Waals surface area (Å²) < 4.78 is 4.47. The van der Waals surface area contributed by atoms with Crippen LogP contribution < -0.4 is 10.6 Å². The number of anilines is 1. The SMILES string of the molecule is COC(=O)CNC(=O)Cc1ccc(NC(=O)CCCCc2ccc(C)cc2)cc1. The molecule has 2 aromatic carbocycles. The van der Waals surface area contributed by atoms with Crippen molar-refractivity contribution >= 4 is 23.5 Å². The molecule has 0 aliphatic rings. The number of hydrogen-bond donors (Lipinski definition) is 2. The first-order chi connectivity index (χ1) is 14.0. The molecule has 0 aliphatic heterocycles. The number of benzene rings is 2. The quantitative estimate of drug-likeness (QED) is 0.477. The van der Waals surface area contributed by atoms with Gasteiger partial charge in [0.05, 0.1) is 13.5 Å². The van der Waals surface area contributed by atoms with Crippen molar-refractivity contribution in [3.8, 4) is 0 Å². The minimum Gasteiger partial charge on any atom is -0.468 e. The third-order valence-electron chi connectivity index (χ3n) is 4.50. The van der Waals surface area contributed by atoms with Gasteiger partial charge in [0, 0.05) is 12.1 Å². The molecule has 6 heteroatoms. The Kier molecular flexibility index (Phi) is 8.89. The number of carbonyl (C=O) groups excluding carboxylic acids is 3. The summed E-state index contributed by atoms with van der Waals surface area (Å²) in [4.78, 5) is 34.9. The summed E-state index contributed by atoms with van der Waals surface area (Å²) in [5, 5.41) is 5.36. The fraction of sp³-hybridized carbons (Fsp3) is 0.348. The number of rotatable bonds is 10. The summed E-state index contributed by atoms with van der Waals surface area (Å²) in [5.41, 5.74) is 4.04. The molecule has 0 heterocycles. The monoisotopic (exact) mass is 396 g/mol. The zero-order chi connectivity index (χ0) is 21.1. The van der Waals surface area contributed by atoms with Crippen LogP contribution in [-0.4, -0.2) is 31.4 Å². The highest BCUT2D eigenvalue weighted by atomic mass is 16.5. The second-order valence-electron chi connectivity index (χ2n) is 6.97. The molecule has 6 nitrogen and oxygen atoms in total. The summed E-state index contributed by atoms with van der Waals surface area (Å²) in [6, 6.07) is 15.6. The van der Waals surface area contributed by atoms with E-state index in [-0.39, 0.29) is 24.8 Å². The maximum absolute atomic E-state index is 12.1. The summed E-state index contributed by atoms with van der Waals surface area (Å²) in [6.45, 7) is 1.92. The van der Waals surface area contributed by atoms with Crippen LogP contribution in [0.25, 0.3) is 0 Å². The molecule has 0 spiro atoms. The first-order valence-electron chi connectivity index (χ1n) is 9.74. The van der Waals surface area contributed by atoms with E-state index in [9.17, 15) is 14.4 Å². The number of carbonyl (C=O) groups is 3. The van der Waals surface area contributed by atoms with Gasteiger partial charge < -0.3 is 15.4 Å². The van der Waals surface area contributed by atoms with E-state index in [1.807, 2.05) is 0 Å². The lowest BCUT2D eigenvalue weighted by molar-refractivity contribution is -0.141. The first kappa shape index (κ1) is 22.1. The second kappa shape index (κ2) is 11.6. The Balaban J connectivity index is 1.67. The average Bonchev–Trinajstić information content (AvgIpc) is 2.72. The van der Waals surface area contributed by atoms with Crippen molar-refractivity contribution in [1.82, 2.24) is 5.32 Å². The molecule has 0 saturated heterocycles. The average molecular weight is 396 g/mol. The fourth-order valence-electron chi connectivity index (χ4n) is 2.79. The van der Waals surface area contributed by atoms with Crippen LogP contribution in [-0.2, 0) is 32.0 Å². The third-order valence-corrected chi connectivity index (χ3v) is 4.50. The summed E-state index contributed by atoms with van der Waals surface area (Å²) in [6.07, 6.45) is 3.41. The number of unbranched alkanes of at least 4 members (excludes halogenated alkanes) is 1. The van der Waals surface area contributed by atoms with Crippen molar-refractivity contribution < 1.29 is 19.1 Å². The number of hydrogen-bond acceptors (Lipinski definition) is 4. The summed E-state index contributed by atoms with van der Waals surface area (Å²) >= 11 is 0. The van der Waals surface area contributed by atoms with Crippen molar-refractivity contribution in [1.29, 1.82) is 0 Å². The zero-order valence-electron chi connectivity index (χ0n) is 17.0. The van der Waals surface area contributed by atoms with Gasteiger partial charge in [-0.15, -0.1) is 0 Å². The van der Waals surface area contributed by atoms with Crippen LogP contribution in [0.15, 0.2) is 48.5 Å². The van der Waals surface area contributed by atoms with Crippen LogP contribution in [0.1, 0.15) is 36.0 Å². The number of esters is 1. The van der Waals surface area contributed by atoms with Crippen LogP contribution in [0.2, 0.25) is 0 Å². The molecule has 29 heavy (non-hydrogen) atoms. The van der Waals surface area contributed by atoms with Crippen LogP contribution in [0.4, 0.5) is 5.69 Å². The van der Waals surface area contributed by atoms with E-state index in [1.54, 1.807) is 24.3 Å². The molecule has 0 fully saturated rings. The highest BCUT2D eigenvalue weighted by Crippen LogP contribution is 2.12. The number of nitrogens with one attached hydrogen (secondary N) is 2. The number of amides is 2. The predicted molar refractivity (Wildman–Crippen MR) is 113 cm³/mol. The number of methoxy groups -OCH3 is 1. The Hall–Kier alpha value is -3.15. The van der Waals surface area contributed by atoms with Crippen LogP contribution in [0.5, 0.6) is 0 Å². The van der Waals surface area contributed by atoms with Gasteiger partial charge in [0.2, 0.25) is 11.8 Å². The fourth-order valence-corrected chi connectivity index (χ4v) is 2.79. The smallest absolute Gasteiger partial charge is 0.325 e. The molecule has 0 aliphatic carbocycles. The third kappa shape index (κ3) is 8.60. The van der Waals surface area contributed by atoms with E-state index in [0.717, 1.165) is 24.8 Å². The van der Waals surface area contributed by atoms with Gasteiger partial charge in [0.25, 0.3) is 0 Å². The Bertz CT molecular complexity index is 814. The molecular formula is C23H28N2O4. The van der Waals surface area contributed by atoms with Gasteiger partial charge in [-0.2, -0.15) is 0 Å². The van der Waals surface area contributed by atoms with Crippen molar-refractivity contribution in [3.05, 3.63) is 65.2 Å². The normalized spacial score (nSPS) is 10.3. The Labute approximate surface area is 171 Å². The Morgan fingerprint density at radius 1 is 0.862 bits per heavy atom. The van der Waals surface area contributed by atoms with Gasteiger partial charge in [0.1, 0.15) is 6.54 Å². The molecule has 0 aromatic heterocycles. The molecule has 2 aromatic rings. The minimum atomic E-state index is -0.490. The molecule has 2 rings (SSSR count). The van der Waals surface area contributed by atoms with E-state index in [2.05, 4.69) is 46.6 Å². The van der Waals surface area contributed by atoms with Gasteiger partial charge in [-0.05, 0) is 49.4 Å². The molecule has 0 bridgehead atoms. The van der Waals surface area contributed by atoms with Gasteiger partial charge in [-0.1, -0.05) is 42.0 Å². The standard InChI is InChI=1S/C23H28N2O4/c1-17-7-9-18(10-8-17)5-3-4-6-21(26)25-20-13-11-19(12-14-20)15-22(27)24-16-23(28)29-2/h7-14H,3-6,15-16H2,1-2H3,(H,24,27)(H,25,26). The van der Waals surface area contributed by atoms with Gasteiger partial charge in [-0.25, -0.2) is 0 Å². The van der Waals surface area contributed by atoms with E-state index < -0.39 is 5.97 Å². The molecule has 0 radical (unpaired) electrons. The zero-order valence-corrected chi connectivity index (χ0v) is 17.0. The molecule has 2 amide bonds. The highest BCUT2D eigenvalue weighted by Gasteiger charge is 2.07. The lowest BCUT2D eigenvalue weighted by Crippen LogP contribution is -2.31. The van der Waals surface area contributed by atoms with Gasteiger partial charge in [-0.3, -0.25) is 14.4 Å². The maximum Gasteiger partial charge on any atom is 0.325 e. The van der Waals surface area contributed by atoms with E-state index in [4.69, 9.17) is 0 Å². The van der Waals surface area contributed by atoms with Crippen molar-refractivity contribution in [2.75, 3.05) is 19.0 Å². The minimum absolute atomic E-state index is 0.0162. The van der Waals surface area contributed by atoms with Crippen LogP contribution >= 0.6 is 0 Å². The molecular weight excluding hydrogens is 368 g/mol. The van der Waals surface area contributed by atoms with Gasteiger partial charge in [0.15, 0.2) is 0 Å². The van der Waals surface area contributed by atoms with E-state index in [0.29, 0.717) is 12.1 Å². The number of ether oxygens (including phenoxy) is 1. The highest BCUT2D eigenvalue weighted by molar-refractivity contribution is 5.90.